The van der Waals surface area contributed by atoms with Crippen molar-refractivity contribution in [1.82, 2.24) is 0 Å². The quantitative estimate of drug-likeness (QED) is 0.584. The third-order valence-corrected chi connectivity index (χ3v) is 2.71. The van der Waals surface area contributed by atoms with Crippen LogP contribution in [-0.2, 0) is 9.59 Å². The Morgan fingerprint density at radius 1 is 0.722 bits per heavy atom. The van der Waals surface area contributed by atoms with Crippen LogP contribution in [-0.4, -0.2) is 12.2 Å². The summed E-state index contributed by atoms with van der Waals surface area (Å²) in [6.45, 7) is 0. The van der Waals surface area contributed by atoms with Gasteiger partial charge in [-0.1, -0.05) is 50.7 Å². The third kappa shape index (κ3) is 5.35. The smallest absolute Gasteiger partial charge is 0.211 e. The standard InChI is InChI=1S/C8H4N2O2.C6H12/c11-5-9-7-3-1-2-4-8(7)10-6-12;1-2-4-6-5-3-1/h1-4H;1-6H2. The highest BCUT2D eigenvalue weighted by atomic mass is 16.1. The maximum Gasteiger partial charge on any atom is 0.240 e. The van der Waals surface area contributed by atoms with Gasteiger partial charge in [0.05, 0.1) is 0 Å². The molecule has 0 heterocycles. The van der Waals surface area contributed by atoms with Crippen LogP contribution in [0.5, 0.6) is 0 Å². The fraction of sp³-hybridized carbons (Fsp3) is 0.429. The van der Waals surface area contributed by atoms with E-state index in [0.29, 0.717) is 11.4 Å². The van der Waals surface area contributed by atoms with Gasteiger partial charge in [-0.05, 0) is 12.1 Å². The molecule has 0 aromatic heterocycles. The van der Waals surface area contributed by atoms with Crippen LogP contribution in [0.4, 0.5) is 11.4 Å². The number of hydrogen-bond acceptors (Lipinski definition) is 4. The molecule has 1 saturated carbocycles. The van der Waals surface area contributed by atoms with Gasteiger partial charge in [-0.3, -0.25) is 0 Å². The molecular formula is C14H16N2O2. The molecule has 0 amide bonds. The Morgan fingerprint density at radius 3 is 1.33 bits per heavy atom. The average Bonchev–Trinajstić information content (AvgIpc) is 2.44. The van der Waals surface area contributed by atoms with Crippen LogP contribution in [0.1, 0.15) is 38.5 Å². The van der Waals surface area contributed by atoms with Crippen molar-refractivity contribution < 1.29 is 9.59 Å². The summed E-state index contributed by atoms with van der Waals surface area (Å²) in [4.78, 5) is 26.5. The van der Waals surface area contributed by atoms with Crippen molar-refractivity contribution in [2.45, 2.75) is 38.5 Å². The Kier molecular flexibility index (Phi) is 7.07. The summed E-state index contributed by atoms with van der Waals surface area (Å²) < 4.78 is 0. The van der Waals surface area contributed by atoms with Gasteiger partial charge in [0.1, 0.15) is 11.4 Å². The van der Waals surface area contributed by atoms with Gasteiger partial charge in [0.25, 0.3) is 0 Å². The summed E-state index contributed by atoms with van der Waals surface area (Å²) in [5.74, 6) is 0. The van der Waals surface area contributed by atoms with Crippen molar-refractivity contribution in [3.05, 3.63) is 24.3 Å². The molecule has 0 atom stereocenters. The normalized spacial score (nSPS) is 13.3. The van der Waals surface area contributed by atoms with Crippen molar-refractivity contribution in [3.8, 4) is 0 Å². The Morgan fingerprint density at radius 2 is 1.06 bits per heavy atom. The summed E-state index contributed by atoms with van der Waals surface area (Å²) in [5, 5.41) is 0. The average molecular weight is 244 g/mol. The summed E-state index contributed by atoms with van der Waals surface area (Å²) in [6.07, 6.45) is 11.7. The van der Waals surface area contributed by atoms with Gasteiger partial charge in [0, 0.05) is 0 Å². The first-order chi connectivity index (χ1) is 8.88. The SMILES string of the molecule is C1CCCCC1.O=C=Nc1ccccc1N=C=O. The summed E-state index contributed by atoms with van der Waals surface area (Å²) in [7, 11) is 0. The molecule has 0 spiro atoms. The van der Waals surface area contributed by atoms with Crippen LogP contribution >= 0.6 is 0 Å². The molecule has 18 heavy (non-hydrogen) atoms. The first-order valence-corrected chi connectivity index (χ1v) is 6.13. The Bertz CT molecular complexity index is 406. The zero-order chi connectivity index (χ0) is 13.1. The van der Waals surface area contributed by atoms with Gasteiger partial charge < -0.3 is 0 Å². The molecule has 1 aliphatic rings. The van der Waals surface area contributed by atoms with Gasteiger partial charge in [0.15, 0.2) is 0 Å². The number of benzene rings is 1. The van der Waals surface area contributed by atoms with Crippen LogP contribution in [0.15, 0.2) is 34.3 Å². The number of rotatable bonds is 2. The lowest BCUT2D eigenvalue weighted by Crippen LogP contribution is -1.85. The molecule has 0 unspecified atom stereocenters. The summed E-state index contributed by atoms with van der Waals surface area (Å²) in [6, 6.07) is 6.47. The highest BCUT2D eigenvalue weighted by Crippen LogP contribution is 2.25. The zero-order valence-electron chi connectivity index (χ0n) is 10.3. The van der Waals surface area contributed by atoms with E-state index in [4.69, 9.17) is 0 Å². The van der Waals surface area contributed by atoms with Crippen molar-refractivity contribution in [1.29, 1.82) is 0 Å². The van der Waals surface area contributed by atoms with Gasteiger partial charge in [-0.15, -0.1) is 0 Å². The van der Waals surface area contributed by atoms with Crippen molar-refractivity contribution in [2.75, 3.05) is 0 Å². The van der Waals surface area contributed by atoms with Crippen LogP contribution in [0.3, 0.4) is 0 Å². The fourth-order valence-corrected chi connectivity index (χ4v) is 1.81. The van der Waals surface area contributed by atoms with Crippen LogP contribution in [0, 0.1) is 0 Å². The van der Waals surface area contributed by atoms with Gasteiger partial charge >= 0.3 is 0 Å². The van der Waals surface area contributed by atoms with E-state index < -0.39 is 0 Å². The molecule has 0 N–H and O–H groups in total. The minimum Gasteiger partial charge on any atom is -0.211 e. The van der Waals surface area contributed by atoms with E-state index in [-0.39, 0.29) is 0 Å². The molecule has 0 saturated heterocycles. The van der Waals surface area contributed by atoms with E-state index >= 15 is 0 Å². The maximum absolute atomic E-state index is 9.90. The number of para-hydroxylation sites is 2. The molecule has 1 aromatic carbocycles. The van der Waals surface area contributed by atoms with E-state index in [2.05, 4.69) is 9.98 Å². The molecule has 0 aliphatic heterocycles. The second-order valence-corrected chi connectivity index (χ2v) is 4.02. The highest BCUT2D eigenvalue weighted by molar-refractivity contribution is 5.67. The minimum absolute atomic E-state index is 0.316. The molecule has 1 fully saturated rings. The van der Waals surface area contributed by atoms with Crippen LogP contribution in [0.25, 0.3) is 0 Å². The van der Waals surface area contributed by atoms with E-state index in [0.717, 1.165) is 0 Å². The topological polar surface area (TPSA) is 58.9 Å². The highest BCUT2D eigenvalue weighted by Gasteiger charge is 1.96. The molecule has 1 aliphatic carbocycles. The van der Waals surface area contributed by atoms with Crippen molar-refractivity contribution >= 4 is 23.5 Å². The molecule has 1 aromatic rings. The first kappa shape index (κ1) is 14.0. The molecule has 4 heteroatoms. The van der Waals surface area contributed by atoms with E-state index in [1.54, 1.807) is 24.3 Å². The molecule has 2 rings (SSSR count). The zero-order valence-corrected chi connectivity index (χ0v) is 10.3. The number of aliphatic imine (C=N–C) groups is 2. The van der Waals surface area contributed by atoms with Gasteiger partial charge in [-0.25, -0.2) is 9.59 Å². The molecule has 0 radical (unpaired) electrons. The Hall–Kier alpha value is -2.02. The Balaban J connectivity index is 0.000000225. The predicted octanol–water partition coefficient (Wildman–Crippen LogP) is 3.96. The lowest BCUT2D eigenvalue weighted by Gasteiger charge is -2.05. The minimum atomic E-state index is 0.316. The molecular weight excluding hydrogens is 228 g/mol. The maximum atomic E-state index is 9.90. The predicted molar refractivity (Wildman–Crippen MR) is 69.7 cm³/mol. The lowest BCUT2D eigenvalue weighted by molar-refractivity contribution is 0.504. The first-order valence-electron chi connectivity index (χ1n) is 6.13. The number of isocyanates is 2. The third-order valence-electron chi connectivity index (χ3n) is 2.71. The van der Waals surface area contributed by atoms with Crippen molar-refractivity contribution in [3.63, 3.8) is 0 Å². The largest absolute Gasteiger partial charge is 0.240 e. The molecule has 4 nitrogen and oxygen atoms in total. The number of carbonyl (C=O) groups excluding carboxylic acids is 2. The van der Waals surface area contributed by atoms with E-state index in [1.807, 2.05) is 0 Å². The fourth-order valence-electron chi connectivity index (χ4n) is 1.81. The molecule has 94 valence electrons. The number of hydrogen-bond donors (Lipinski definition) is 0. The van der Waals surface area contributed by atoms with Gasteiger partial charge in [-0.2, -0.15) is 9.98 Å². The van der Waals surface area contributed by atoms with E-state index in [9.17, 15) is 9.59 Å². The monoisotopic (exact) mass is 244 g/mol. The molecule has 0 bridgehead atoms. The lowest BCUT2D eigenvalue weighted by atomic mass is 10.0. The van der Waals surface area contributed by atoms with E-state index in [1.165, 1.54) is 50.7 Å². The second kappa shape index (κ2) is 9.06. The summed E-state index contributed by atoms with van der Waals surface area (Å²) >= 11 is 0. The summed E-state index contributed by atoms with van der Waals surface area (Å²) in [5.41, 5.74) is 0.631. The second-order valence-electron chi connectivity index (χ2n) is 4.02. The number of nitrogens with zero attached hydrogens (tertiary/aromatic N) is 2. The van der Waals surface area contributed by atoms with Crippen molar-refractivity contribution in [2.24, 2.45) is 9.98 Å². The van der Waals surface area contributed by atoms with Crippen LogP contribution < -0.4 is 0 Å². The Labute approximate surface area is 106 Å². The van der Waals surface area contributed by atoms with Gasteiger partial charge in [0.2, 0.25) is 12.2 Å². The van der Waals surface area contributed by atoms with Crippen LogP contribution in [0.2, 0.25) is 0 Å².